The number of aromatic nitrogens is 1. The highest BCUT2D eigenvalue weighted by Gasteiger charge is 2.05. The number of anilines is 2. The number of pyridine rings is 1. The molecule has 2 rings (SSSR count). The van der Waals surface area contributed by atoms with Crippen molar-refractivity contribution >= 4 is 22.3 Å². The molecule has 84 valence electrons. The minimum atomic E-state index is 0.132. The van der Waals surface area contributed by atoms with Gasteiger partial charge in [-0.1, -0.05) is 0 Å². The van der Waals surface area contributed by atoms with Crippen molar-refractivity contribution in [3.05, 3.63) is 24.4 Å². The summed E-state index contributed by atoms with van der Waals surface area (Å²) in [6.45, 7) is 3.95. The van der Waals surface area contributed by atoms with E-state index >= 15 is 0 Å². The predicted molar refractivity (Wildman–Crippen MR) is 66.3 cm³/mol. The molecule has 16 heavy (non-hydrogen) atoms. The molecule has 1 aromatic heterocycles. The van der Waals surface area contributed by atoms with Crippen molar-refractivity contribution in [3.8, 4) is 5.75 Å². The van der Waals surface area contributed by atoms with Gasteiger partial charge in [0.2, 0.25) is 0 Å². The summed E-state index contributed by atoms with van der Waals surface area (Å²) in [5.74, 6) is 0.779. The van der Waals surface area contributed by atoms with E-state index in [4.69, 9.17) is 16.2 Å². The number of fused-ring (bicyclic) bond motifs is 1. The fourth-order valence-corrected chi connectivity index (χ4v) is 1.55. The van der Waals surface area contributed by atoms with Crippen LogP contribution in [0.2, 0.25) is 0 Å². The van der Waals surface area contributed by atoms with E-state index in [1.54, 1.807) is 6.20 Å². The van der Waals surface area contributed by atoms with Crippen molar-refractivity contribution < 1.29 is 4.74 Å². The monoisotopic (exact) mass is 217 g/mol. The van der Waals surface area contributed by atoms with Gasteiger partial charge in [-0.15, -0.1) is 0 Å². The zero-order chi connectivity index (χ0) is 11.7. The zero-order valence-corrected chi connectivity index (χ0v) is 9.40. The van der Waals surface area contributed by atoms with Crippen molar-refractivity contribution in [2.45, 2.75) is 20.0 Å². The third-order valence-corrected chi connectivity index (χ3v) is 2.28. The Kier molecular flexibility index (Phi) is 2.56. The lowest BCUT2D eigenvalue weighted by Gasteiger charge is -2.11. The first kappa shape index (κ1) is 10.5. The maximum absolute atomic E-state index is 5.90. The molecule has 0 radical (unpaired) electrons. The molecule has 4 nitrogen and oxygen atoms in total. The van der Waals surface area contributed by atoms with Crippen molar-refractivity contribution in [2.75, 3.05) is 11.5 Å². The summed E-state index contributed by atoms with van der Waals surface area (Å²) in [5.41, 5.74) is 13.5. The lowest BCUT2D eigenvalue weighted by molar-refractivity contribution is 0.243. The van der Waals surface area contributed by atoms with E-state index in [2.05, 4.69) is 4.98 Å². The van der Waals surface area contributed by atoms with E-state index in [-0.39, 0.29) is 6.10 Å². The van der Waals surface area contributed by atoms with Gasteiger partial charge in [-0.05, 0) is 32.0 Å². The molecular weight excluding hydrogens is 202 g/mol. The summed E-state index contributed by atoms with van der Waals surface area (Å²) >= 11 is 0. The summed E-state index contributed by atoms with van der Waals surface area (Å²) in [5, 5.41) is 0.832. The van der Waals surface area contributed by atoms with Crippen LogP contribution in [0.3, 0.4) is 0 Å². The van der Waals surface area contributed by atoms with Crippen molar-refractivity contribution in [3.63, 3.8) is 0 Å². The highest BCUT2D eigenvalue weighted by Crippen LogP contribution is 2.28. The second-order valence-corrected chi connectivity index (χ2v) is 3.97. The third-order valence-electron chi connectivity index (χ3n) is 2.28. The summed E-state index contributed by atoms with van der Waals surface area (Å²) in [4.78, 5) is 4.20. The Morgan fingerprint density at radius 2 is 2.00 bits per heavy atom. The first-order chi connectivity index (χ1) is 7.58. The lowest BCUT2D eigenvalue weighted by Crippen LogP contribution is -2.05. The molecule has 1 aromatic carbocycles. The van der Waals surface area contributed by atoms with Gasteiger partial charge in [0.25, 0.3) is 0 Å². The number of nitrogen functional groups attached to an aromatic ring is 2. The van der Waals surface area contributed by atoms with Crippen LogP contribution in [0.5, 0.6) is 5.75 Å². The van der Waals surface area contributed by atoms with Gasteiger partial charge in [0.15, 0.2) is 0 Å². The SMILES string of the molecule is CC(C)Oc1ccc2ncc(N)c(N)c2c1. The van der Waals surface area contributed by atoms with E-state index in [9.17, 15) is 0 Å². The Morgan fingerprint density at radius 1 is 1.25 bits per heavy atom. The van der Waals surface area contributed by atoms with Gasteiger partial charge in [0, 0.05) is 5.39 Å². The number of nitrogens with zero attached hydrogens (tertiary/aromatic N) is 1. The van der Waals surface area contributed by atoms with E-state index in [0.717, 1.165) is 16.7 Å². The van der Waals surface area contributed by atoms with Crippen molar-refractivity contribution in [1.29, 1.82) is 0 Å². The van der Waals surface area contributed by atoms with Crippen LogP contribution in [0.25, 0.3) is 10.9 Å². The van der Waals surface area contributed by atoms with Gasteiger partial charge in [-0.2, -0.15) is 0 Å². The second-order valence-electron chi connectivity index (χ2n) is 3.97. The Hall–Kier alpha value is -1.97. The van der Waals surface area contributed by atoms with Gasteiger partial charge in [-0.3, -0.25) is 4.98 Å². The highest BCUT2D eigenvalue weighted by molar-refractivity contribution is 5.96. The third kappa shape index (κ3) is 1.86. The van der Waals surface area contributed by atoms with Crippen molar-refractivity contribution in [1.82, 2.24) is 4.98 Å². The van der Waals surface area contributed by atoms with Crippen LogP contribution in [-0.2, 0) is 0 Å². The van der Waals surface area contributed by atoms with E-state index in [1.165, 1.54) is 0 Å². The number of hydrogen-bond donors (Lipinski definition) is 2. The van der Waals surface area contributed by atoms with Gasteiger partial charge in [0.05, 0.1) is 29.2 Å². The number of rotatable bonds is 2. The van der Waals surface area contributed by atoms with Crippen LogP contribution in [-0.4, -0.2) is 11.1 Å². The molecule has 0 unspecified atom stereocenters. The van der Waals surface area contributed by atoms with Crippen LogP contribution in [0, 0.1) is 0 Å². The smallest absolute Gasteiger partial charge is 0.120 e. The average Bonchev–Trinajstić information content (AvgIpc) is 2.23. The maximum Gasteiger partial charge on any atom is 0.120 e. The van der Waals surface area contributed by atoms with Gasteiger partial charge < -0.3 is 16.2 Å². The molecule has 0 aliphatic rings. The Morgan fingerprint density at radius 3 is 2.69 bits per heavy atom. The van der Waals surface area contributed by atoms with Crippen LogP contribution in [0.1, 0.15) is 13.8 Å². The second kappa shape index (κ2) is 3.89. The average molecular weight is 217 g/mol. The molecule has 1 heterocycles. The lowest BCUT2D eigenvalue weighted by atomic mass is 10.1. The molecular formula is C12H15N3O. The summed E-state index contributed by atoms with van der Waals surface area (Å²) in [6, 6.07) is 5.63. The molecule has 0 saturated carbocycles. The van der Waals surface area contributed by atoms with E-state index in [1.807, 2.05) is 32.0 Å². The molecule has 0 saturated heterocycles. The zero-order valence-electron chi connectivity index (χ0n) is 9.40. The largest absolute Gasteiger partial charge is 0.491 e. The summed E-state index contributed by atoms with van der Waals surface area (Å²) in [6.07, 6.45) is 1.70. The number of benzene rings is 1. The number of hydrogen-bond acceptors (Lipinski definition) is 4. The molecule has 0 aliphatic heterocycles. The summed E-state index contributed by atoms with van der Waals surface area (Å²) in [7, 11) is 0. The molecule has 0 amide bonds. The van der Waals surface area contributed by atoms with Gasteiger partial charge in [0.1, 0.15) is 5.75 Å². The first-order valence-electron chi connectivity index (χ1n) is 5.18. The topological polar surface area (TPSA) is 74.2 Å². The quantitative estimate of drug-likeness (QED) is 0.808. The molecule has 0 fully saturated rings. The number of nitrogens with two attached hydrogens (primary N) is 2. The molecule has 0 aliphatic carbocycles. The van der Waals surface area contributed by atoms with Gasteiger partial charge >= 0.3 is 0 Å². The van der Waals surface area contributed by atoms with Crippen molar-refractivity contribution in [2.24, 2.45) is 0 Å². The minimum absolute atomic E-state index is 0.132. The standard InChI is InChI=1S/C12H15N3O/c1-7(2)16-8-3-4-11-9(5-8)12(14)10(13)6-15-11/h3-7H,13H2,1-2H3,(H2,14,15). The molecule has 0 bridgehead atoms. The van der Waals surface area contributed by atoms with E-state index < -0.39 is 0 Å². The molecule has 0 spiro atoms. The molecule has 2 aromatic rings. The Labute approximate surface area is 94.2 Å². The highest BCUT2D eigenvalue weighted by atomic mass is 16.5. The first-order valence-corrected chi connectivity index (χ1v) is 5.18. The summed E-state index contributed by atoms with van der Waals surface area (Å²) < 4.78 is 5.59. The Bertz CT molecular complexity index is 523. The van der Waals surface area contributed by atoms with E-state index in [0.29, 0.717) is 11.4 Å². The van der Waals surface area contributed by atoms with Crippen LogP contribution in [0.15, 0.2) is 24.4 Å². The molecule has 4 heteroatoms. The molecule has 0 atom stereocenters. The minimum Gasteiger partial charge on any atom is -0.491 e. The normalized spacial score (nSPS) is 10.9. The predicted octanol–water partition coefficient (Wildman–Crippen LogP) is 2.19. The number of ether oxygens (including phenoxy) is 1. The van der Waals surface area contributed by atoms with Gasteiger partial charge in [-0.25, -0.2) is 0 Å². The fraction of sp³-hybridized carbons (Fsp3) is 0.250. The Balaban J connectivity index is 2.55. The van der Waals surface area contributed by atoms with Crippen LogP contribution >= 0.6 is 0 Å². The maximum atomic E-state index is 5.90. The fourth-order valence-electron chi connectivity index (χ4n) is 1.55. The van der Waals surface area contributed by atoms with Crippen LogP contribution in [0.4, 0.5) is 11.4 Å². The molecule has 4 N–H and O–H groups in total. The van der Waals surface area contributed by atoms with Crippen LogP contribution < -0.4 is 16.2 Å².